The van der Waals surface area contributed by atoms with Gasteiger partial charge in [0.25, 0.3) is 0 Å². The number of hydrogen-bond acceptors (Lipinski definition) is 4. The van der Waals surface area contributed by atoms with Crippen LogP contribution in [0, 0.1) is 0 Å². The fourth-order valence-electron chi connectivity index (χ4n) is 3.15. The van der Waals surface area contributed by atoms with Crippen molar-refractivity contribution in [2.45, 2.75) is 50.2 Å². The number of halogens is 3. The van der Waals surface area contributed by atoms with Gasteiger partial charge in [0.05, 0.1) is 24.3 Å². The molecule has 24 heavy (non-hydrogen) atoms. The van der Waals surface area contributed by atoms with E-state index in [2.05, 4.69) is 0 Å². The number of alkyl halides is 3. The van der Waals surface area contributed by atoms with Crippen molar-refractivity contribution in [3.8, 4) is 0 Å². The maximum absolute atomic E-state index is 12.8. The first-order valence-corrected chi connectivity index (χ1v) is 8.07. The highest BCUT2D eigenvalue weighted by Gasteiger charge is 2.47. The molecule has 0 saturated carbocycles. The highest BCUT2D eigenvalue weighted by molar-refractivity contribution is 5.89. The summed E-state index contributed by atoms with van der Waals surface area (Å²) in [7, 11) is 0. The Hall–Kier alpha value is -1.60. The third kappa shape index (κ3) is 3.57. The Morgan fingerprint density at radius 3 is 2.62 bits per heavy atom. The van der Waals surface area contributed by atoms with Crippen LogP contribution in [0.1, 0.15) is 48.0 Å². The maximum atomic E-state index is 12.8. The summed E-state index contributed by atoms with van der Waals surface area (Å²) in [6.45, 7) is 1.05. The largest absolute Gasteiger partial charge is 0.453 e. The summed E-state index contributed by atoms with van der Waals surface area (Å²) in [6.07, 6.45) is -1.38. The first kappa shape index (κ1) is 17.2. The number of esters is 1. The van der Waals surface area contributed by atoms with Crippen LogP contribution in [0.4, 0.5) is 13.2 Å². The van der Waals surface area contributed by atoms with Crippen molar-refractivity contribution < 1.29 is 32.2 Å². The molecule has 4 nitrogen and oxygen atoms in total. The van der Waals surface area contributed by atoms with Crippen LogP contribution in [0.3, 0.4) is 0 Å². The van der Waals surface area contributed by atoms with Crippen molar-refractivity contribution in [2.75, 3.05) is 13.2 Å². The van der Waals surface area contributed by atoms with Crippen molar-refractivity contribution in [3.63, 3.8) is 0 Å². The van der Waals surface area contributed by atoms with Gasteiger partial charge in [-0.25, -0.2) is 4.79 Å². The van der Waals surface area contributed by atoms with Crippen molar-refractivity contribution >= 4 is 5.97 Å². The molecule has 2 aliphatic heterocycles. The highest BCUT2D eigenvalue weighted by atomic mass is 19.4. The minimum Gasteiger partial charge on any atom is -0.453 e. The molecule has 2 aliphatic rings. The Labute approximate surface area is 137 Å². The topological polar surface area (TPSA) is 44.8 Å². The Balaban J connectivity index is 1.76. The molecule has 132 valence electrons. The molecular formula is C17H19F3O4. The summed E-state index contributed by atoms with van der Waals surface area (Å²) < 4.78 is 55.3. The average Bonchev–Trinajstić information content (AvgIpc) is 2.57. The molecule has 1 aromatic rings. The SMILES string of the molecule is O=C(OC1CCCOC12CCCCO2)c1cccc(C(F)(F)F)c1. The predicted molar refractivity (Wildman–Crippen MR) is 78.4 cm³/mol. The quantitative estimate of drug-likeness (QED) is 0.763. The first-order chi connectivity index (χ1) is 11.4. The monoisotopic (exact) mass is 344 g/mol. The second-order valence-electron chi connectivity index (χ2n) is 6.08. The molecule has 0 N–H and O–H groups in total. The predicted octanol–water partition coefficient (Wildman–Crippen LogP) is 3.94. The molecule has 1 spiro atoms. The normalized spacial score (nSPS) is 27.9. The third-order valence-electron chi connectivity index (χ3n) is 4.39. The zero-order valence-corrected chi connectivity index (χ0v) is 13.1. The van der Waals surface area contributed by atoms with E-state index in [-0.39, 0.29) is 5.56 Å². The lowest BCUT2D eigenvalue weighted by Crippen LogP contribution is -2.54. The maximum Gasteiger partial charge on any atom is 0.416 e. The Morgan fingerprint density at radius 2 is 1.92 bits per heavy atom. The van der Waals surface area contributed by atoms with Gasteiger partial charge in [-0.15, -0.1) is 0 Å². The molecule has 0 aliphatic carbocycles. The van der Waals surface area contributed by atoms with Gasteiger partial charge in [0, 0.05) is 6.42 Å². The molecule has 2 heterocycles. The molecule has 2 saturated heterocycles. The van der Waals surface area contributed by atoms with E-state index in [1.54, 1.807) is 0 Å². The van der Waals surface area contributed by atoms with Crippen LogP contribution in [0.25, 0.3) is 0 Å². The molecule has 2 unspecified atom stereocenters. The zero-order valence-electron chi connectivity index (χ0n) is 13.1. The molecular weight excluding hydrogens is 325 g/mol. The van der Waals surface area contributed by atoms with E-state index >= 15 is 0 Å². The number of carbonyl (C=O) groups excluding carboxylic acids is 1. The van der Waals surface area contributed by atoms with Crippen molar-refractivity contribution in [1.29, 1.82) is 0 Å². The standard InChI is InChI=1S/C17H19F3O4/c18-17(19,20)13-6-3-5-12(11-13)15(21)24-14-7-4-10-23-16(14)8-1-2-9-22-16/h3,5-6,11,14H,1-2,4,7-10H2. The van der Waals surface area contributed by atoms with E-state index < -0.39 is 29.6 Å². The van der Waals surface area contributed by atoms with Crippen molar-refractivity contribution in [1.82, 2.24) is 0 Å². The van der Waals surface area contributed by atoms with Gasteiger partial charge < -0.3 is 14.2 Å². The van der Waals surface area contributed by atoms with Crippen LogP contribution in [0.2, 0.25) is 0 Å². The van der Waals surface area contributed by atoms with Crippen LogP contribution in [0.5, 0.6) is 0 Å². The van der Waals surface area contributed by atoms with Crippen molar-refractivity contribution in [2.24, 2.45) is 0 Å². The molecule has 0 radical (unpaired) electrons. The van der Waals surface area contributed by atoms with E-state index in [1.807, 2.05) is 0 Å². The number of ether oxygens (including phenoxy) is 3. The second kappa shape index (κ2) is 6.72. The Morgan fingerprint density at radius 1 is 1.17 bits per heavy atom. The van der Waals surface area contributed by atoms with Gasteiger partial charge in [-0.2, -0.15) is 13.2 Å². The zero-order chi connectivity index (χ0) is 17.2. The number of benzene rings is 1. The summed E-state index contributed by atoms with van der Waals surface area (Å²) in [4.78, 5) is 12.3. The number of hydrogen-bond donors (Lipinski definition) is 0. The summed E-state index contributed by atoms with van der Waals surface area (Å²) in [5, 5.41) is 0. The lowest BCUT2D eigenvalue weighted by molar-refractivity contribution is -0.313. The van der Waals surface area contributed by atoms with Crippen molar-refractivity contribution in [3.05, 3.63) is 35.4 Å². The molecule has 3 rings (SSSR count). The summed E-state index contributed by atoms with van der Waals surface area (Å²) in [6, 6.07) is 4.24. The lowest BCUT2D eigenvalue weighted by atomic mass is 9.94. The fraction of sp³-hybridized carbons (Fsp3) is 0.588. The molecule has 7 heteroatoms. The summed E-state index contributed by atoms with van der Waals surface area (Å²) in [5.41, 5.74) is -0.998. The van der Waals surface area contributed by atoms with Crippen LogP contribution in [0.15, 0.2) is 24.3 Å². The van der Waals surface area contributed by atoms with Gasteiger partial charge >= 0.3 is 12.1 Å². The number of rotatable bonds is 2. The second-order valence-corrected chi connectivity index (χ2v) is 6.08. The third-order valence-corrected chi connectivity index (χ3v) is 4.39. The van der Waals surface area contributed by atoms with Crippen LogP contribution in [-0.2, 0) is 20.4 Å². The van der Waals surface area contributed by atoms with E-state index in [9.17, 15) is 18.0 Å². The highest BCUT2D eigenvalue weighted by Crippen LogP contribution is 2.37. The summed E-state index contributed by atoms with van der Waals surface area (Å²) in [5.74, 6) is -1.74. The van der Waals surface area contributed by atoms with Crippen LogP contribution >= 0.6 is 0 Å². The molecule has 1 aromatic carbocycles. The first-order valence-electron chi connectivity index (χ1n) is 8.07. The van der Waals surface area contributed by atoms with Gasteiger partial charge in [-0.3, -0.25) is 0 Å². The smallest absolute Gasteiger partial charge is 0.416 e. The van der Waals surface area contributed by atoms with E-state index in [4.69, 9.17) is 14.2 Å². The fourth-order valence-corrected chi connectivity index (χ4v) is 3.15. The average molecular weight is 344 g/mol. The molecule has 0 amide bonds. The minimum atomic E-state index is -4.50. The lowest BCUT2D eigenvalue weighted by Gasteiger charge is -2.44. The molecule has 0 aromatic heterocycles. The van der Waals surface area contributed by atoms with Gasteiger partial charge in [-0.1, -0.05) is 6.07 Å². The minimum absolute atomic E-state index is 0.124. The van der Waals surface area contributed by atoms with Gasteiger partial charge in [0.2, 0.25) is 5.79 Å². The Bertz CT molecular complexity index is 585. The van der Waals surface area contributed by atoms with E-state index in [0.717, 1.165) is 25.0 Å². The van der Waals surface area contributed by atoms with Crippen LogP contribution < -0.4 is 0 Å². The summed E-state index contributed by atoms with van der Waals surface area (Å²) >= 11 is 0. The molecule has 2 atom stereocenters. The van der Waals surface area contributed by atoms with E-state index in [0.29, 0.717) is 32.5 Å². The van der Waals surface area contributed by atoms with Gasteiger partial charge in [-0.05, 0) is 43.9 Å². The van der Waals surface area contributed by atoms with Crippen LogP contribution in [-0.4, -0.2) is 31.1 Å². The van der Waals surface area contributed by atoms with Gasteiger partial charge in [0.1, 0.15) is 0 Å². The van der Waals surface area contributed by atoms with E-state index in [1.165, 1.54) is 12.1 Å². The molecule has 2 fully saturated rings. The number of carbonyl (C=O) groups is 1. The molecule has 0 bridgehead atoms. The van der Waals surface area contributed by atoms with Gasteiger partial charge in [0.15, 0.2) is 6.10 Å². The Kier molecular flexibility index (Phi) is 4.83.